The Labute approximate surface area is 136 Å². The van der Waals surface area contributed by atoms with Gasteiger partial charge in [0.05, 0.1) is 5.02 Å². The first-order valence-electron chi connectivity index (χ1n) is 6.41. The van der Waals surface area contributed by atoms with Gasteiger partial charge in [-0.3, -0.25) is 9.52 Å². The third-order valence-corrected chi connectivity index (χ3v) is 5.97. The predicted octanol–water partition coefficient (Wildman–Crippen LogP) is 2.51. The number of benzene rings is 1. The number of carbonyl (C=O) groups excluding carboxylic acids is 1. The number of halogens is 1. The summed E-state index contributed by atoms with van der Waals surface area (Å²) in [5, 5.41) is 2.06. The molecule has 2 aromatic rings. The van der Waals surface area contributed by atoms with Crippen molar-refractivity contribution in [2.75, 3.05) is 16.2 Å². The molecule has 0 unspecified atom stereocenters. The molecule has 1 aromatic carbocycles. The van der Waals surface area contributed by atoms with Gasteiger partial charge in [0, 0.05) is 30.7 Å². The van der Waals surface area contributed by atoms with Crippen molar-refractivity contribution in [2.24, 2.45) is 0 Å². The van der Waals surface area contributed by atoms with Crippen molar-refractivity contribution in [3.63, 3.8) is 0 Å². The van der Waals surface area contributed by atoms with Gasteiger partial charge in [0.25, 0.3) is 10.0 Å². The van der Waals surface area contributed by atoms with Crippen molar-refractivity contribution in [1.82, 2.24) is 4.98 Å². The van der Waals surface area contributed by atoms with Crippen LogP contribution in [0.5, 0.6) is 0 Å². The lowest BCUT2D eigenvalue weighted by atomic mass is 10.2. The summed E-state index contributed by atoms with van der Waals surface area (Å²) in [6.45, 7) is 1.98. The first-order chi connectivity index (χ1) is 10.4. The van der Waals surface area contributed by atoms with E-state index in [-0.39, 0.29) is 21.0 Å². The molecule has 0 spiro atoms. The molecule has 9 heteroatoms. The first kappa shape index (κ1) is 15.3. The molecule has 0 radical (unpaired) electrons. The van der Waals surface area contributed by atoms with Crippen LogP contribution in [0.1, 0.15) is 12.5 Å². The van der Waals surface area contributed by atoms with E-state index in [1.807, 2.05) is 0 Å². The summed E-state index contributed by atoms with van der Waals surface area (Å²) in [6.07, 6.45) is 2.17. The number of fused-ring (bicyclic) bond motifs is 1. The van der Waals surface area contributed by atoms with Crippen LogP contribution < -0.4 is 9.62 Å². The summed E-state index contributed by atoms with van der Waals surface area (Å²) in [5.41, 5.74) is 1.46. The molecule has 2 heterocycles. The number of carbonyl (C=O) groups is 1. The predicted molar refractivity (Wildman–Crippen MR) is 86.1 cm³/mol. The third-order valence-electron chi connectivity index (χ3n) is 3.35. The molecule has 1 amide bonds. The van der Waals surface area contributed by atoms with E-state index in [4.69, 9.17) is 11.6 Å². The summed E-state index contributed by atoms with van der Waals surface area (Å²) < 4.78 is 27.3. The molecule has 0 atom stereocenters. The third kappa shape index (κ3) is 2.69. The number of aromatic nitrogens is 1. The molecule has 0 bridgehead atoms. The van der Waals surface area contributed by atoms with Crippen LogP contribution in [-0.4, -0.2) is 25.9 Å². The lowest BCUT2D eigenvalue weighted by Gasteiger charge is -2.16. The van der Waals surface area contributed by atoms with E-state index >= 15 is 0 Å². The quantitative estimate of drug-likeness (QED) is 0.915. The van der Waals surface area contributed by atoms with Crippen molar-refractivity contribution in [3.05, 3.63) is 34.3 Å². The number of hydrogen-bond acceptors (Lipinski definition) is 5. The maximum Gasteiger partial charge on any atom is 0.265 e. The first-order valence-corrected chi connectivity index (χ1v) is 9.15. The molecule has 0 saturated carbocycles. The molecule has 0 aliphatic carbocycles. The lowest BCUT2D eigenvalue weighted by Crippen LogP contribution is -2.26. The lowest BCUT2D eigenvalue weighted by molar-refractivity contribution is -0.116. The van der Waals surface area contributed by atoms with Gasteiger partial charge >= 0.3 is 0 Å². The summed E-state index contributed by atoms with van der Waals surface area (Å²) >= 11 is 7.29. The Morgan fingerprint density at radius 1 is 1.45 bits per heavy atom. The zero-order valence-corrected chi connectivity index (χ0v) is 13.9. The summed E-state index contributed by atoms with van der Waals surface area (Å²) in [5.74, 6) is -0.127. The number of nitrogens with zero attached hydrogens (tertiary/aromatic N) is 2. The number of rotatable bonds is 3. The van der Waals surface area contributed by atoms with Crippen LogP contribution in [0.4, 0.5) is 10.8 Å². The van der Waals surface area contributed by atoms with E-state index in [0.717, 1.165) is 5.56 Å². The Morgan fingerprint density at radius 2 is 2.23 bits per heavy atom. The zero-order chi connectivity index (χ0) is 15.9. The summed E-state index contributed by atoms with van der Waals surface area (Å²) in [6, 6.07) is 3.05. The molecular weight excluding hydrogens is 346 g/mol. The highest BCUT2D eigenvalue weighted by Crippen LogP contribution is 2.35. The standard InChI is InChI=1S/C13H12ClN3O3S2/c1-8(18)17-4-2-9-6-10(14)12(7-11(9)17)22(19,20)16-13-15-3-5-21-13/h3,5-7H,2,4H2,1H3,(H,15,16). The van der Waals surface area contributed by atoms with E-state index < -0.39 is 10.0 Å². The fourth-order valence-electron chi connectivity index (χ4n) is 2.36. The molecule has 1 aliphatic rings. The normalized spacial score (nSPS) is 14.0. The molecule has 1 aromatic heterocycles. The zero-order valence-electron chi connectivity index (χ0n) is 11.5. The second kappa shape index (κ2) is 5.53. The Hall–Kier alpha value is -1.64. The van der Waals surface area contributed by atoms with Crippen LogP contribution in [0.2, 0.25) is 5.02 Å². The minimum atomic E-state index is -3.86. The van der Waals surface area contributed by atoms with Crippen LogP contribution >= 0.6 is 22.9 Å². The average molecular weight is 358 g/mol. The Morgan fingerprint density at radius 3 is 2.86 bits per heavy atom. The highest BCUT2D eigenvalue weighted by molar-refractivity contribution is 7.93. The van der Waals surface area contributed by atoms with Crippen molar-refractivity contribution >= 4 is 49.7 Å². The van der Waals surface area contributed by atoms with Crippen LogP contribution in [0.3, 0.4) is 0 Å². The van der Waals surface area contributed by atoms with Gasteiger partial charge in [0.1, 0.15) is 4.90 Å². The highest BCUT2D eigenvalue weighted by atomic mass is 35.5. The SMILES string of the molecule is CC(=O)N1CCc2cc(Cl)c(S(=O)(=O)Nc3nccs3)cc21. The van der Waals surface area contributed by atoms with Crippen LogP contribution in [-0.2, 0) is 21.2 Å². The van der Waals surface area contributed by atoms with E-state index in [9.17, 15) is 13.2 Å². The topological polar surface area (TPSA) is 79.4 Å². The van der Waals surface area contributed by atoms with Gasteiger partial charge in [-0.15, -0.1) is 11.3 Å². The summed E-state index contributed by atoms with van der Waals surface area (Å²) in [7, 11) is -3.86. The minimum Gasteiger partial charge on any atom is -0.312 e. The van der Waals surface area contributed by atoms with Gasteiger partial charge in [-0.1, -0.05) is 11.6 Å². The molecule has 1 N–H and O–H groups in total. The van der Waals surface area contributed by atoms with Crippen LogP contribution in [0.15, 0.2) is 28.6 Å². The number of nitrogens with one attached hydrogen (secondary N) is 1. The van der Waals surface area contributed by atoms with Crippen molar-refractivity contribution in [3.8, 4) is 0 Å². The van der Waals surface area contributed by atoms with Gasteiger partial charge in [-0.25, -0.2) is 13.4 Å². The maximum atomic E-state index is 12.5. The van der Waals surface area contributed by atoms with Crippen molar-refractivity contribution in [1.29, 1.82) is 0 Å². The Kier molecular flexibility index (Phi) is 3.84. The van der Waals surface area contributed by atoms with Crippen LogP contribution in [0.25, 0.3) is 0 Å². The number of anilines is 2. The Balaban J connectivity index is 2.04. The van der Waals surface area contributed by atoms with Gasteiger partial charge in [0.2, 0.25) is 5.91 Å². The van der Waals surface area contributed by atoms with Gasteiger partial charge < -0.3 is 4.90 Å². The fourth-order valence-corrected chi connectivity index (χ4v) is 4.72. The van der Waals surface area contributed by atoms with E-state index in [1.165, 1.54) is 30.5 Å². The molecule has 116 valence electrons. The second-order valence-corrected chi connectivity index (χ2v) is 7.73. The number of thiazole rings is 1. The van der Waals surface area contributed by atoms with Gasteiger partial charge in [0.15, 0.2) is 5.13 Å². The largest absolute Gasteiger partial charge is 0.312 e. The number of sulfonamides is 1. The average Bonchev–Trinajstić information content (AvgIpc) is 3.05. The molecule has 6 nitrogen and oxygen atoms in total. The van der Waals surface area contributed by atoms with Gasteiger partial charge in [-0.2, -0.15) is 0 Å². The maximum absolute atomic E-state index is 12.5. The molecule has 22 heavy (non-hydrogen) atoms. The van der Waals surface area contributed by atoms with E-state index in [0.29, 0.717) is 18.7 Å². The van der Waals surface area contributed by atoms with Gasteiger partial charge in [-0.05, 0) is 24.1 Å². The molecule has 1 aliphatic heterocycles. The molecular formula is C13H12ClN3O3S2. The van der Waals surface area contributed by atoms with Crippen molar-refractivity contribution < 1.29 is 13.2 Å². The monoisotopic (exact) mass is 357 g/mol. The minimum absolute atomic E-state index is 0.0590. The molecule has 0 fully saturated rings. The molecule has 3 rings (SSSR count). The number of hydrogen-bond donors (Lipinski definition) is 1. The van der Waals surface area contributed by atoms with E-state index in [1.54, 1.807) is 16.3 Å². The van der Waals surface area contributed by atoms with Crippen molar-refractivity contribution in [2.45, 2.75) is 18.2 Å². The van der Waals surface area contributed by atoms with E-state index in [2.05, 4.69) is 9.71 Å². The highest BCUT2D eigenvalue weighted by Gasteiger charge is 2.28. The number of amides is 1. The molecule has 0 saturated heterocycles. The Bertz CT molecular complexity index is 834. The smallest absolute Gasteiger partial charge is 0.265 e. The second-order valence-electron chi connectivity index (χ2n) is 4.77. The van der Waals surface area contributed by atoms with Crippen LogP contribution in [0, 0.1) is 0 Å². The fraction of sp³-hybridized carbons (Fsp3) is 0.231. The summed E-state index contributed by atoms with van der Waals surface area (Å²) in [4.78, 5) is 17.0.